The summed E-state index contributed by atoms with van der Waals surface area (Å²) < 4.78 is 0. The highest BCUT2D eigenvalue weighted by Crippen LogP contribution is 2.15. The highest BCUT2D eigenvalue weighted by atomic mass is 16.4. The summed E-state index contributed by atoms with van der Waals surface area (Å²) in [5.74, 6) is -3.17. The monoisotopic (exact) mass is 254 g/mol. The fourth-order valence-electron chi connectivity index (χ4n) is 1.48. The molecule has 0 radical (unpaired) electrons. The lowest BCUT2D eigenvalue weighted by atomic mass is 9.90. The molecule has 0 amide bonds. The lowest BCUT2D eigenvalue weighted by Gasteiger charge is -2.13. The van der Waals surface area contributed by atoms with Crippen LogP contribution in [0.25, 0.3) is 0 Å². The maximum atomic E-state index is 11.7. The van der Waals surface area contributed by atoms with E-state index in [0.717, 1.165) is 6.08 Å². The molecule has 1 N–H and O–H groups in total. The summed E-state index contributed by atoms with van der Waals surface area (Å²) in [4.78, 5) is 34.3. The first-order chi connectivity index (χ1) is 8.18. The van der Waals surface area contributed by atoms with Crippen LogP contribution in [-0.4, -0.2) is 22.6 Å². The summed E-state index contributed by atoms with van der Waals surface area (Å²) in [7, 11) is 0. The third-order valence-corrected chi connectivity index (χ3v) is 3.10. The molecule has 0 aliphatic carbocycles. The van der Waals surface area contributed by atoms with Crippen molar-refractivity contribution in [1.82, 2.24) is 0 Å². The van der Waals surface area contributed by atoms with Crippen molar-refractivity contribution < 1.29 is 19.5 Å². The highest BCUT2D eigenvalue weighted by molar-refractivity contribution is 6.07. The number of carboxylic acids is 1. The van der Waals surface area contributed by atoms with Crippen molar-refractivity contribution in [3.63, 3.8) is 0 Å². The standard InChI is InChI=1S/C14H22O4/c1-8(2)10(5)11(15)6-7-12(16)13(9(3)4)14(17)18/h6-10,13H,1-5H3,(H,17,18)/t10-,13-/m0/s1. The van der Waals surface area contributed by atoms with Crippen LogP contribution in [0.4, 0.5) is 0 Å². The van der Waals surface area contributed by atoms with E-state index in [2.05, 4.69) is 0 Å². The number of carboxylic acid groups (broad SMARTS) is 1. The number of rotatable bonds is 7. The van der Waals surface area contributed by atoms with E-state index in [-0.39, 0.29) is 23.5 Å². The first-order valence-corrected chi connectivity index (χ1v) is 6.17. The van der Waals surface area contributed by atoms with E-state index in [4.69, 9.17) is 5.11 Å². The third-order valence-electron chi connectivity index (χ3n) is 3.10. The summed E-state index contributed by atoms with van der Waals surface area (Å²) in [6.45, 7) is 8.98. The Kier molecular flexibility index (Phi) is 6.52. The second-order valence-corrected chi connectivity index (χ2v) is 5.23. The predicted octanol–water partition coefficient (Wildman–Crippen LogP) is 2.33. The van der Waals surface area contributed by atoms with Gasteiger partial charge >= 0.3 is 5.97 Å². The normalized spacial score (nSPS) is 15.1. The molecule has 0 aromatic heterocycles. The Balaban J connectivity index is 4.74. The van der Waals surface area contributed by atoms with Crippen LogP contribution in [0.15, 0.2) is 12.2 Å². The zero-order valence-corrected chi connectivity index (χ0v) is 11.6. The van der Waals surface area contributed by atoms with Gasteiger partial charge in [0.25, 0.3) is 0 Å². The Morgan fingerprint density at radius 1 is 0.833 bits per heavy atom. The zero-order chi connectivity index (χ0) is 14.5. The molecular formula is C14H22O4. The molecule has 0 fully saturated rings. The average Bonchev–Trinajstić information content (AvgIpc) is 2.23. The quantitative estimate of drug-likeness (QED) is 0.559. The Bertz CT molecular complexity index is 353. The number of hydrogen-bond donors (Lipinski definition) is 1. The van der Waals surface area contributed by atoms with Gasteiger partial charge in [-0.2, -0.15) is 0 Å². The van der Waals surface area contributed by atoms with Crippen LogP contribution in [0, 0.1) is 23.7 Å². The minimum atomic E-state index is -1.15. The molecule has 0 aromatic rings. The molecule has 0 saturated carbocycles. The Labute approximate surface area is 108 Å². The number of allylic oxidation sites excluding steroid dienone is 2. The van der Waals surface area contributed by atoms with Crippen LogP contribution >= 0.6 is 0 Å². The largest absolute Gasteiger partial charge is 0.481 e. The van der Waals surface area contributed by atoms with Gasteiger partial charge < -0.3 is 5.11 Å². The molecule has 0 aliphatic rings. The molecule has 0 unspecified atom stereocenters. The Morgan fingerprint density at radius 3 is 1.61 bits per heavy atom. The fourth-order valence-corrected chi connectivity index (χ4v) is 1.48. The van der Waals surface area contributed by atoms with Crippen molar-refractivity contribution in [2.75, 3.05) is 0 Å². The molecule has 0 saturated heterocycles. The van der Waals surface area contributed by atoms with Crippen molar-refractivity contribution in [1.29, 1.82) is 0 Å². The van der Waals surface area contributed by atoms with Gasteiger partial charge in [0.2, 0.25) is 0 Å². The maximum Gasteiger partial charge on any atom is 0.314 e. The van der Waals surface area contributed by atoms with Crippen LogP contribution in [0.1, 0.15) is 34.6 Å². The minimum Gasteiger partial charge on any atom is -0.481 e. The lowest BCUT2D eigenvalue weighted by molar-refractivity contribution is -0.146. The van der Waals surface area contributed by atoms with Crippen molar-refractivity contribution in [2.24, 2.45) is 23.7 Å². The van der Waals surface area contributed by atoms with Gasteiger partial charge in [-0.05, 0) is 24.0 Å². The molecule has 0 aromatic carbocycles. The zero-order valence-electron chi connectivity index (χ0n) is 11.6. The molecule has 2 atom stereocenters. The van der Waals surface area contributed by atoms with Gasteiger partial charge in [0, 0.05) is 5.92 Å². The van der Waals surface area contributed by atoms with E-state index in [0.29, 0.717) is 0 Å². The number of ketones is 2. The molecule has 0 spiro atoms. The summed E-state index contributed by atoms with van der Waals surface area (Å²) >= 11 is 0. The summed E-state index contributed by atoms with van der Waals surface area (Å²) in [6, 6.07) is 0. The van der Waals surface area contributed by atoms with Crippen molar-refractivity contribution in [3.05, 3.63) is 12.2 Å². The SMILES string of the molecule is CC(C)[C@H](C(=O)O)C(=O)C=CC(=O)[C@@H](C)C(C)C. The number of carbonyl (C=O) groups is 3. The second kappa shape index (κ2) is 7.09. The fraction of sp³-hybridized carbons (Fsp3) is 0.643. The van der Waals surface area contributed by atoms with Crippen molar-refractivity contribution >= 4 is 17.5 Å². The van der Waals surface area contributed by atoms with Gasteiger partial charge in [-0.3, -0.25) is 14.4 Å². The van der Waals surface area contributed by atoms with E-state index in [1.807, 2.05) is 13.8 Å². The molecule has 102 valence electrons. The molecule has 4 heteroatoms. The molecule has 18 heavy (non-hydrogen) atoms. The van der Waals surface area contributed by atoms with E-state index in [1.165, 1.54) is 6.08 Å². The summed E-state index contributed by atoms with van der Waals surface area (Å²) in [5.41, 5.74) is 0. The molecule has 0 aliphatic heterocycles. The smallest absolute Gasteiger partial charge is 0.314 e. The van der Waals surface area contributed by atoms with Gasteiger partial charge in [-0.25, -0.2) is 0 Å². The van der Waals surface area contributed by atoms with Gasteiger partial charge in [0.1, 0.15) is 5.92 Å². The van der Waals surface area contributed by atoms with Gasteiger partial charge in [-0.1, -0.05) is 34.6 Å². The van der Waals surface area contributed by atoms with Gasteiger partial charge in [0.05, 0.1) is 0 Å². The highest BCUT2D eigenvalue weighted by Gasteiger charge is 2.27. The molecule has 4 nitrogen and oxygen atoms in total. The van der Waals surface area contributed by atoms with Gasteiger partial charge in [-0.15, -0.1) is 0 Å². The number of hydrogen-bond acceptors (Lipinski definition) is 3. The van der Waals surface area contributed by atoms with Crippen LogP contribution in [0.2, 0.25) is 0 Å². The first kappa shape index (κ1) is 16.6. The molecule has 0 rings (SSSR count). The number of aliphatic carboxylic acids is 1. The Hall–Kier alpha value is -1.45. The molecule has 0 bridgehead atoms. The predicted molar refractivity (Wildman–Crippen MR) is 69.1 cm³/mol. The topological polar surface area (TPSA) is 71.4 Å². The minimum absolute atomic E-state index is 0.147. The van der Waals surface area contributed by atoms with E-state index in [1.54, 1.807) is 20.8 Å². The molecular weight excluding hydrogens is 232 g/mol. The maximum absolute atomic E-state index is 11.7. The van der Waals surface area contributed by atoms with E-state index >= 15 is 0 Å². The third kappa shape index (κ3) is 4.82. The van der Waals surface area contributed by atoms with Crippen molar-refractivity contribution in [3.8, 4) is 0 Å². The molecule has 0 heterocycles. The van der Waals surface area contributed by atoms with Crippen LogP contribution in [-0.2, 0) is 14.4 Å². The van der Waals surface area contributed by atoms with Gasteiger partial charge in [0.15, 0.2) is 11.6 Å². The first-order valence-electron chi connectivity index (χ1n) is 6.17. The number of carbonyl (C=O) groups excluding carboxylic acids is 2. The van der Waals surface area contributed by atoms with Crippen LogP contribution in [0.3, 0.4) is 0 Å². The van der Waals surface area contributed by atoms with Crippen molar-refractivity contribution in [2.45, 2.75) is 34.6 Å². The van der Waals surface area contributed by atoms with Crippen LogP contribution in [0.5, 0.6) is 0 Å². The summed E-state index contributed by atoms with van der Waals surface area (Å²) in [5, 5.41) is 8.94. The second-order valence-electron chi connectivity index (χ2n) is 5.23. The lowest BCUT2D eigenvalue weighted by Crippen LogP contribution is -2.27. The average molecular weight is 254 g/mol. The Morgan fingerprint density at radius 2 is 1.28 bits per heavy atom. The summed E-state index contributed by atoms with van der Waals surface area (Å²) in [6.07, 6.45) is 2.30. The van der Waals surface area contributed by atoms with E-state index < -0.39 is 17.7 Å². The van der Waals surface area contributed by atoms with E-state index in [9.17, 15) is 14.4 Å². The van der Waals surface area contributed by atoms with Crippen LogP contribution < -0.4 is 0 Å².